The van der Waals surface area contributed by atoms with Gasteiger partial charge in [0.2, 0.25) is 0 Å². The van der Waals surface area contributed by atoms with E-state index in [4.69, 9.17) is 21.8 Å². The molecule has 6 heteroatoms. The number of ether oxygens (including phenoxy) is 1. The first-order valence-corrected chi connectivity index (χ1v) is 6.86. The Morgan fingerprint density at radius 1 is 1.53 bits per heavy atom. The minimum Gasteiger partial charge on any atom is -0.480 e. The Balaban J connectivity index is 3.05. The molecule has 15 heavy (non-hydrogen) atoms. The van der Waals surface area contributed by atoms with E-state index in [2.05, 4.69) is 21.9 Å². The summed E-state index contributed by atoms with van der Waals surface area (Å²) < 4.78 is 27.6. The fourth-order valence-electron chi connectivity index (χ4n) is 0.870. The third-order valence-corrected chi connectivity index (χ3v) is 3.47. The second-order valence-corrected chi connectivity index (χ2v) is 5.94. The molecular formula is C9H6BrClO3S. The first-order chi connectivity index (χ1) is 6.95. The highest BCUT2D eigenvalue weighted by atomic mass is 79.9. The number of benzene rings is 1. The Morgan fingerprint density at radius 2 is 2.20 bits per heavy atom. The Kier molecular flexibility index (Phi) is 4.03. The molecule has 1 aromatic carbocycles. The quantitative estimate of drug-likeness (QED) is 0.636. The molecule has 0 N–H and O–H groups in total. The van der Waals surface area contributed by atoms with Gasteiger partial charge < -0.3 is 4.74 Å². The number of hydrogen-bond acceptors (Lipinski definition) is 3. The van der Waals surface area contributed by atoms with Crippen LogP contribution in [0.1, 0.15) is 0 Å². The van der Waals surface area contributed by atoms with Crippen molar-refractivity contribution in [3.63, 3.8) is 0 Å². The number of halogens is 2. The molecule has 0 atom stereocenters. The molecule has 3 nitrogen and oxygen atoms in total. The lowest BCUT2D eigenvalue weighted by atomic mass is 10.3. The van der Waals surface area contributed by atoms with Gasteiger partial charge in [-0.2, -0.15) is 0 Å². The molecule has 0 radical (unpaired) electrons. The summed E-state index contributed by atoms with van der Waals surface area (Å²) in [6, 6.07) is 4.18. The summed E-state index contributed by atoms with van der Waals surface area (Å²) in [5.74, 6) is 2.77. The van der Waals surface area contributed by atoms with E-state index in [0.29, 0.717) is 10.2 Å². The molecule has 0 saturated heterocycles. The van der Waals surface area contributed by atoms with Gasteiger partial charge in [-0.1, -0.05) is 5.92 Å². The second-order valence-electron chi connectivity index (χ2n) is 2.52. The van der Waals surface area contributed by atoms with Crippen molar-refractivity contribution in [2.45, 2.75) is 4.90 Å². The van der Waals surface area contributed by atoms with Crippen LogP contribution in [-0.4, -0.2) is 15.0 Å². The Labute approximate surface area is 101 Å². The van der Waals surface area contributed by atoms with Crippen molar-refractivity contribution >= 4 is 35.7 Å². The molecule has 1 aromatic rings. The van der Waals surface area contributed by atoms with Gasteiger partial charge in [-0.15, -0.1) is 6.42 Å². The molecule has 0 bridgehead atoms. The molecule has 0 aliphatic rings. The van der Waals surface area contributed by atoms with Crippen molar-refractivity contribution in [3.8, 4) is 18.1 Å². The highest BCUT2D eigenvalue weighted by Gasteiger charge is 2.12. The lowest BCUT2D eigenvalue weighted by molar-refractivity contribution is 0.368. The third-order valence-electron chi connectivity index (χ3n) is 1.50. The van der Waals surface area contributed by atoms with Gasteiger partial charge in [0.1, 0.15) is 12.4 Å². The molecule has 0 aliphatic heterocycles. The van der Waals surface area contributed by atoms with Crippen LogP contribution in [0.25, 0.3) is 0 Å². The monoisotopic (exact) mass is 308 g/mol. The maximum Gasteiger partial charge on any atom is 0.261 e. The SMILES string of the molecule is C#CCOc1ccc(S(=O)(=O)Cl)cc1Br. The molecule has 0 spiro atoms. The van der Waals surface area contributed by atoms with E-state index in [1.54, 1.807) is 0 Å². The molecule has 0 aliphatic carbocycles. The molecule has 0 fully saturated rings. The van der Waals surface area contributed by atoms with Gasteiger partial charge in [0.25, 0.3) is 9.05 Å². The average Bonchev–Trinajstić information content (AvgIpc) is 2.14. The number of hydrogen-bond donors (Lipinski definition) is 0. The normalized spacial score (nSPS) is 10.7. The maximum absolute atomic E-state index is 11.0. The zero-order chi connectivity index (χ0) is 11.5. The smallest absolute Gasteiger partial charge is 0.261 e. The molecule has 0 amide bonds. The zero-order valence-electron chi connectivity index (χ0n) is 7.41. The number of rotatable bonds is 3. The fraction of sp³-hybridized carbons (Fsp3) is 0.111. The molecular weight excluding hydrogens is 304 g/mol. The van der Waals surface area contributed by atoms with E-state index < -0.39 is 9.05 Å². The van der Waals surface area contributed by atoms with Crippen LogP contribution in [0.3, 0.4) is 0 Å². The highest BCUT2D eigenvalue weighted by molar-refractivity contribution is 9.10. The van der Waals surface area contributed by atoms with E-state index in [0.717, 1.165) is 0 Å². The second kappa shape index (κ2) is 4.88. The Hall–Kier alpha value is -0.700. The average molecular weight is 310 g/mol. The Bertz CT molecular complexity index is 505. The number of terminal acetylenes is 1. The molecule has 0 aromatic heterocycles. The van der Waals surface area contributed by atoms with Crippen LogP contribution >= 0.6 is 26.6 Å². The summed E-state index contributed by atoms with van der Waals surface area (Å²) in [5.41, 5.74) is 0. The summed E-state index contributed by atoms with van der Waals surface area (Å²) in [6.07, 6.45) is 5.02. The van der Waals surface area contributed by atoms with Gasteiger partial charge in [0, 0.05) is 10.7 Å². The van der Waals surface area contributed by atoms with E-state index in [1.807, 2.05) is 0 Å². The van der Waals surface area contributed by atoms with Crippen LogP contribution in [0.2, 0.25) is 0 Å². The summed E-state index contributed by atoms with van der Waals surface area (Å²) in [5, 5.41) is 0. The van der Waals surface area contributed by atoms with Crippen molar-refractivity contribution < 1.29 is 13.2 Å². The first kappa shape index (κ1) is 12.4. The molecule has 0 saturated carbocycles. The standard InChI is InChI=1S/C9H6BrClO3S/c1-2-5-14-9-4-3-7(6-8(9)10)15(11,12)13/h1,3-4,6H,5H2. The van der Waals surface area contributed by atoms with Crippen LogP contribution in [0.4, 0.5) is 0 Å². The lowest BCUT2D eigenvalue weighted by Gasteiger charge is -2.05. The van der Waals surface area contributed by atoms with Crippen LogP contribution < -0.4 is 4.74 Å². The van der Waals surface area contributed by atoms with Crippen molar-refractivity contribution in [2.24, 2.45) is 0 Å². The molecule has 80 valence electrons. The topological polar surface area (TPSA) is 43.4 Å². The van der Waals surface area contributed by atoms with Crippen LogP contribution in [-0.2, 0) is 9.05 Å². The molecule has 1 rings (SSSR count). The largest absolute Gasteiger partial charge is 0.480 e. The highest BCUT2D eigenvalue weighted by Crippen LogP contribution is 2.28. The third kappa shape index (κ3) is 3.42. The lowest BCUT2D eigenvalue weighted by Crippen LogP contribution is -1.96. The zero-order valence-corrected chi connectivity index (χ0v) is 10.6. The summed E-state index contributed by atoms with van der Waals surface area (Å²) in [6.45, 7) is 0.117. The van der Waals surface area contributed by atoms with Crippen molar-refractivity contribution in [1.82, 2.24) is 0 Å². The summed E-state index contributed by atoms with van der Waals surface area (Å²) in [7, 11) is 1.45. The predicted octanol–water partition coefficient (Wildman–Crippen LogP) is 2.39. The van der Waals surface area contributed by atoms with Crippen molar-refractivity contribution in [2.75, 3.05) is 6.61 Å². The predicted molar refractivity (Wildman–Crippen MR) is 61.5 cm³/mol. The van der Waals surface area contributed by atoms with Gasteiger partial charge in [-0.05, 0) is 34.1 Å². The summed E-state index contributed by atoms with van der Waals surface area (Å²) in [4.78, 5) is 0.00380. The maximum atomic E-state index is 11.0. The fourth-order valence-corrected chi connectivity index (χ4v) is 2.29. The Morgan fingerprint density at radius 3 is 2.67 bits per heavy atom. The van der Waals surface area contributed by atoms with Crippen LogP contribution in [0.15, 0.2) is 27.6 Å². The van der Waals surface area contributed by atoms with E-state index in [-0.39, 0.29) is 11.5 Å². The minimum absolute atomic E-state index is 0.00380. The van der Waals surface area contributed by atoms with Crippen LogP contribution in [0, 0.1) is 12.3 Å². The van der Waals surface area contributed by atoms with E-state index in [1.165, 1.54) is 18.2 Å². The molecule has 0 heterocycles. The molecule has 0 unspecified atom stereocenters. The van der Waals surface area contributed by atoms with Crippen molar-refractivity contribution in [3.05, 3.63) is 22.7 Å². The summed E-state index contributed by atoms with van der Waals surface area (Å²) >= 11 is 3.15. The minimum atomic E-state index is -3.72. The van der Waals surface area contributed by atoms with Gasteiger partial charge in [-0.25, -0.2) is 8.42 Å². The van der Waals surface area contributed by atoms with Crippen molar-refractivity contribution in [1.29, 1.82) is 0 Å². The van der Waals surface area contributed by atoms with E-state index in [9.17, 15) is 8.42 Å². The van der Waals surface area contributed by atoms with Gasteiger partial charge in [-0.3, -0.25) is 0 Å². The van der Waals surface area contributed by atoms with Crippen LogP contribution in [0.5, 0.6) is 5.75 Å². The van der Waals surface area contributed by atoms with Gasteiger partial charge in [0.15, 0.2) is 0 Å². The van der Waals surface area contributed by atoms with Gasteiger partial charge >= 0.3 is 0 Å². The van der Waals surface area contributed by atoms with E-state index >= 15 is 0 Å². The van der Waals surface area contributed by atoms with Gasteiger partial charge in [0.05, 0.1) is 9.37 Å². The first-order valence-electron chi connectivity index (χ1n) is 3.75.